The molecule has 0 saturated heterocycles. The molecule has 0 unspecified atom stereocenters. The average molecular weight is 479 g/mol. The second kappa shape index (κ2) is 11.1. The lowest BCUT2D eigenvalue weighted by molar-refractivity contribution is -0.130. The zero-order chi connectivity index (χ0) is 24.6. The zero-order valence-electron chi connectivity index (χ0n) is 17.9. The molecule has 174 valence electrons. The largest absolute Gasteiger partial charge is 0.339 e. The van der Waals surface area contributed by atoms with E-state index in [0.29, 0.717) is 22.4 Å². The summed E-state index contributed by atoms with van der Waals surface area (Å²) in [6.45, 7) is -0.172. The molecular formula is C24H22N4O5S. The molecule has 2 amide bonds. The number of anilines is 1. The van der Waals surface area contributed by atoms with Crippen molar-refractivity contribution in [3.05, 3.63) is 95.6 Å². The quantitative estimate of drug-likeness (QED) is 0.197. The molecule has 0 aliphatic carbocycles. The van der Waals surface area contributed by atoms with E-state index < -0.39 is 27.9 Å². The number of hydrogen-bond acceptors (Lipinski definition) is 6. The first-order valence-electron chi connectivity index (χ1n) is 10.1. The van der Waals surface area contributed by atoms with Gasteiger partial charge in [0.2, 0.25) is 0 Å². The lowest BCUT2D eigenvalue weighted by Gasteiger charge is -2.14. The second-order valence-electron chi connectivity index (χ2n) is 7.06. The Bertz CT molecular complexity index is 1310. The van der Waals surface area contributed by atoms with Crippen molar-refractivity contribution >= 4 is 27.5 Å². The molecule has 0 heterocycles. The number of hydroxylamine groups is 1. The molecule has 0 aliphatic rings. The van der Waals surface area contributed by atoms with Crippen molar-refractivity contribution in [3.8, 4) is 11.8 Å². The number of rotatable bonds is 7. The minimum absolute atomic E-state index is 0.172. The van der Waals surface area contributed by atoms with E-state index in [2.05, 4.69) is 21.9 Å². The van der Waals surface area contributed by atoms with Crippen LogP contribution in [-0.4, -0.2) is 38.0 Å². The molecule has 0 bridgehead atoms. The molecule has 10 heteroatoms. The summed E-state index contributed by atoms with van der Waals surface area (Å²) in [6.07, 6.45) is 0. The SMILES string of the molecule is NC[C@H](NC(=O)c1ccc(C#Cc2ccc(NS(=O)(=O)c3ccccc3)cc2)cc1)C(=O)NO. The van der Waals surface area contributed by atoms with Gasteiger partial charge in [0.15, 0.2) is 0 Å². The summed E-state index contributed by atoms with van der Waals surface area (Å²) in [7, 11) is -3.67. The molecule has 6 N–H and O–H groups in total. The van der Waals surface area contributed by atoms with Crippen LogP contribution >= 0.6 is 0 Å². The van der Waals surface area contributed by atoms with Crippen LogP contribution in [0.1, 0.15) is 21.5 Å². The Morgan fingerprint density at radius 2 is 1.44 bits per heavy atom. The third-order valence-electron chi connectivity index (χ3n) is 4.66. The third kappa shape index (κ3) is 6.43. The molecule has 0 aromatic heterocycles. The van der Waals surface area contributed by atoms with Gasteiger partial charge in [0.25, 0.3) is 21.8 Å². The molecule has 3 rings (SSSR count). The highest BCUT2D eigenvalue weighted by Gasteiger charge is 2.19. The van der Waals surface area contributed by atoms with E-state index in [9.17, 15) is 18.0 Å². The van der Waals surface area contributed by atoms with E-state index in [1.165, 1.54) is 17.6 Å². The Kier molecular flexibility index (Phi) is 8.00. The number of hydrogen-bond donors (Lipinski definition) is 5. The molecule has 34 heavy (non-hydrogen) atoms. The molecule has 0 radical (unpaired) electrons. The first kappa shape index (κ1) is 24.5. The Morgan fingerprint density at radius 3 is 1.97 bits per heavy atom. The maximum absolute atomic E-state index is 12.4. The summed E-state index contributed by atoms with van der Waals surface area (Å²) >= 11 is 0. The molecule has 3 aromatic rings. The van der Waals surface area contributed by atoms with Gasteiger partial charge in [-0.1, -0.05) is 30.0 Å². The predicted octanol–water partition coefficient (Wildman–Crippen LogP) is 1.45. The van der Waals surface area contributed by atoms with Gasteiger partial charge in [-0.2, -0.15) is 0 Å². The second-order valence-corrected chi connectivity index (χ2v) is 8.74. The van der Waals surface area contributed by atoms with Gasteiger partial charge in [-0.15, -0.1) is 0 Å². The lowest BCUT2D eigenvalue weighted by Crippen LogP contribution is -2.50. The number of benzene rings is 3. The van der Waals surface area contributed by atoms with Crippen LogP contribution in [0.5, 0.6) is 0 Å². The van der Waals surface area contributed by atoms with Gasteiger partial charge in [-0.05, 0) is 60.7 Å². The van der Waals surface area contributed by atoms with Crippen LogP contribution in [0.25, 0.3) is 0 Å². The summed E-state index contributed by atoms with van der Waals surface area (Å²) in [4.78, 5) is 23.8. The minimum Gasteiger partial charge on any atom is -0.339 e. The third-order valence-corrected chi connectivity index (χ3v) is 6.05. The highest BCUT2D eigenvalue weighted by Crippen LogP contribution is 2.16. The Morgan fingerprint density at radius 1 is 0.882 bits per heavy atom. The van der Waals surface area contributed by atoms with Crippen LogP contribution in [0.4, 0.5) is 5.69 Å². The molecule has 0 saturated carbocycles. The Balaban J connectivity index is 1.64. The molecule has 9 nitrogen and oxygen atoms in total. The summed E-state index contributed by atoms with van der Waals surface area (Å²) in [6, 6.07) is 20.0. The maximum Gasteiger partial charge on any atom is 0.267 e. The van der Waals surface area contributed by atoms with E-state index in [1.807, 2.05) is 0 Å². The van der Waals surface area contributed by atoms with Crippen LogP contribution in [0.3, 0.4) is 0 Å². The summed E-state index contributed by atoms with van der Waals surface area (Å²) in [5.41, 5.74) is 8.90. The van der Waals surface area contributed by atoms with Gasteiger partial charge < -0.3 is 11.1 Å². The van der Waals surface area contributed by atoms with Gasteiger partial charge in [0, 0.05) is 28.9 Å². The molecule has 1 atom stereocenters. The molecule has 0 fully saturated rings. The normalized spacial score (nSPS) is 11.5. The van der Waals surface area contributed by atoms with Crippen molar-refractivity contribution in [1.29, 1.82) is 0 Å². The molecular weight excluding hydrogens is 456 g/mol. The Labute approximate surface area is 197 Å². The topological polar surface area (TPSA) is 151 Å². The van der Waals surface area contributed by atoms with Crippen molar-refractivity contribution < 1.29 is 23.2 Å². The van der Waals surface area contributed by atoms with E-state index in [-0.39, 0.29) is 11.4 Å². The van der Waals surface area contributed by atoms with Crippen LogP contribution in [0.15, 0.2) is 83.8 Å². The van der Waals surface area contributed by atoms with Crippen LogP contribution in [0, 0.1) is 11.8 Å². The molecule has 0 spiro atoms. The fraction of sp³-hybridized carbons (Fsp3) is 0.0833. The van der Waals surface area contributed by atoms with Crippen LogP contribution in [-0.2, 0) is 14.8 Å². The van der Waals surface area contributed by atoms with Crippen molar-refractivity contribution in [2.45, 2.75) is 10.9 Å². The summed E-state index contributed by atoms with van der Waals surface area (Å²) in [5.74, 6) is 4.60. The van der Waals surface area contributed by atoms with Gasteiger partial charge in [-0.3, -0.25) is 19.5 Å². The first-order valence-corrected chi connectivity index (χ1v) is 11.6. The number of sulfonamides is 1. The van der Waals surface area contributed by atoms with Crippen LogP contribution in [0.2, 0.25) is 0 Å². The maximum atomic E-state index is 12.4. The van der Waals surface area contributed by atoms with Gasteiger partial charge >= 0.3 is 0 Å². The lowest BCUT2D eigenvalue weighted by atomic mass is 10.1. The fourth-order valence-corrected chi connectivity index (χ4v) is 3.92. The zero-order valence-corrected chi connectivity index (χ0v) is 18.7. The smallest absolute Gasteiger partial charge is 0.267 e. The standard InChI is InChI=1S/C24H22N4O5S/c25-16-22(24(30)27-31)26-23(29)19-12-8-17(9-13-19)6-7-18-10-14-20(15-11-18)28-34(32,33)21-4-2-1-3-5-21/h1-5,8-15,22,28,31H,16,25H2,(H,26,29)(H,27,30)/t22-/m0/s1. The number of nitrogens with one attached hydrogen (secondary N) is 3. The van der Waals surface area contributed by atoms with E-state index in [4.69, 9.17) is 10.9 Å². The van der Waals surface area contributed by atoms with Crippen molar-refractivity contribution in [3.63, 3.8) is 0 Å². The van der Waals surface area contributed by atoms with Gasteiger partial charge in [0.1, 0.15) is 6.04 Å². The first-order chi connectivity index (χ1) is 16.3. The number of nitrogens with two attached hydrogens (primary N) is 1. The minimum atomic E-state index is -3.67. The molecule has 0 aliphatic heterocycles. The van der Waals surface area contributed by atoms with E-state index in [1.54, 1.807) is 66.7 Å². The summed E-state index contributed by atoms with van der Waals surface area (Å²) < 4.78 is 27.3. The van der Waals surface area contributed by atoms with E-state index in [0.717, 1.165) is 0 Å². The monoisotopic (exact) mass is 478 g/mol. The van der Waals surface area contributed by atoms with Crippen molar-refractivity contribution in [2.75, 3.05) is 11.3 Å². The van der Waals surface area contributed by atoms with E-state index >= 15 is 0 Å². The van der Waals surface area contributed by atoms with Gasteiger partial charge in [0.05, 0.1) is 4.90 Å². The fourth-order valence-electron chi connectivity index (χ4n) is 2.84. The predicted molar refractivity (Wildman–Crippen MR) is 126 cm³/mol. The van der Waals surface area contributed by atoms with Gasteiger partial charge in [-0.25, -0.2) is 13.9 Å². The average Bonchev–Trinajstić information content (AvgIpc) is 2.87. The Hall–Kier alpha value is -4.17. The molecule has 3 aromatic carbocycles. The number of carbonyl (C=O) groups is 2. The van der Waals surface area contributed by atoms with Crippen LogP contribution < -0.4 is 21.3 Å². The van der Waals surface area contributed by atoms with Crippen molar-refractivity contribution in [1.82, 2.24) is 10.8 Å². The number of carbonyl (C=O) groups excluding carboxylic acids is 2. The highest BCUT2D eigenvalue weighted by atomic mass is 32.2. The summed E-state index contributed by atoms with van der Waals surface area (Å²) in [5, 5.41) is 11.1. The van der Waals surface area contributed by atoms with Crippen molar-refractivity contribution in [2.24, 2.45) is 5.73 Å². The highest BCUT2D eigenvalue weighted by molar-refractivity contribution is 7.92. The number of amides is 2.